The first-order valence-corrected chi connectivity index (χ1v) is 10.2. The van der Waals surface area contributed by atoms with E-state index in [0.717, 1.165) is 23.7 Å². The molecule has 170 valence electrons. The average molecular weight is 448 g/mol. The SMILES string of the molecule is CCc1ccccc1NC(=O)N/N=C/c1cc(C)n(-c2cc(C(=O)O)cc(C(=O)O)c2)c1C. The summed E-state index contributed by atoms with van der Waals surface area (Å²) in [6, 6.07) is 12.7. The van der Waals surface area contributed by atoms with Crippen molar-refractivity contribution in [2.24, 2.45) is 5.10 Å². The summed E-state index contributed by atoms with van der Waals surface area (Å²) in [5.74, 6) is -2.44. The van der Waals surface area contributed by atoms with Crippen molar-refractivity contribution in [3.63, 3.8) is 0 Å². The van der Waals surface area contributed by atoms with Crippen molar-refractivity contribution in [2.75, 3.05) is 5.32 Å². The molecule has 0 radical (unpaired) electrons. The maximum absolute atomic E-state index is 12.2. The maximum Gasteiger partial charge on any atom is 0.339 e. The number of rotatable bonds is 7. The van der Waals surface area contributed by atoms with Crippen LogP contribution >= 0.6 is 0 Å². The van der Waals surface area contributed by atoms with Crippen LogP contribution in [0.25, 0.3) is 5.69 Å². The fraction of sp³-hybridized carbons (Fsp3) is 0.167. The summed E-state index contributed by atoms with van der Waals surface area (Å²) >= 11 is 0. The number of nitrogens with zero attached hydrogens (tertiary/aromatic N) is 2. The minimum atomic E-state index is -1.22. The molecule has 0 aliphatic heterocycles. The van der Waals surface area contributed by atoms with Crippen molar-refractivity contribution in [1.29, 1.82) is 0 Å². The van der Waals surface area contributed by atoms with Crippen molar-refractivity contribution < 1.29 is 24.6 Å². The molecule has 33 heavy (non-hydrogen) atoms. The number of carboxylic acids is 2. The highest BCUT2D eigenvalue weighted by Crippen LogP contribution is 2.22. The number of nitrogens with one attached hydrogen (secondary N) is 2. The quantitative estimate of drug-likeness (QED) is 0.317. The molecule has 0 aliphatic carbocycles. The number of hydrogen-bond donors (Lipinski definition) is 4. The van der Waals surface area contributed by atoms with Gasteiger partial charge in [0.1, 0.15) is 0 Å². The summed E-state index contributed by atoms with van der Waals surface area (Å²) in [7, 11) is 0. The number of urea groups is 1. The first-order valence-electron chi connectivity index (χ1n) is 10.2. The summed E-state index contributed by atoms with van der Waals surface area (Å²) in [5.41, 5.74) is 6.42. The number of hydrazone groups is 1. The van der Waals surface area contributed by atoms with Crippen LogP contribution in [0, 0.1) is 13.8 Å². The molecule has 0 aliphatic rings. The van der Waals surface area contributed by atoms with E-state index in [-0.39, 0.29) is 11.1 Å². The summed E-state index contributed by atoms with van der Waals surface area (Å²) in [6.45, 7) is 5.59. The van der Waals surface area contributed by atoms with Crippen molar-refractivity contribution in [3.8, 4) is 5.69 Å². The Hall–Kier alpha value is -4.40. The average Bonchev–Trinajstić information content (AvgIpc) is 3.06. The standard InChI is InChI=1S/C24H24N4O5/c1-4-16-7-5-6-8-21(16)26-24(33)27-25-13-19-9-14(2)28(15(19)3)20-11-17(22(29)30)10-18(12-20)23(31)32/h5-13H,4H2,1-3H3,(H,29,30)(H,31,32)(H2,26,27,33)/b25-13+. The molecular formula is C24H24N4O5. The Labute approximate surface area is 190 Å². The van der Waals surface area contributed by atoms with E-state index in [9.17, 15) is 24.6 Å². The molecule has 0 atom stereocenters. The van der Waals surface area contributed by atoms with Gasteiger partial charge in [-0.2, -0.15) is 5.10 Å². The molecule has 3 aromatic rings. The first-order chi connectivity index (χ1) is 15.7. The van der Waals surface area contributed by atoms with Crippen LogP contribution < -0.4 is 10.7 Å². The molecule has 1 aromatic heterocycles. The third-order valence-corrected chi connectivity index (χ3v) is 5.16. The summed E-state index contributed by atoms with van der Waals surface area (Å²) in [6.07, 6.45) is 2.25. The molecule has 9 nitrogen and oxygen atoms in total. The van der Waals surface area contributed by atoms with Crippen LogP contribution in [0.2, 0.25) is 0 Å². The number of aromatic carboxylic acids is 2. The van der Waals surface area contributed by atoms with E-state index in [1.165, 1.54) is 18.3 Å². The number of aryl methyl sites for hydroxylation is 2. The third kappa shape index (κ3) is 5.27. The Balaban J connectivity index is 1.82. The zero-order valence-corrected chi connectivity index (χ0v) is 18.4. The van der Waals surface area contributed by atoms with E-state index in [2.05, 4.69) is 15.8 Å². The molecule has 0 saturated carbocycles. The van der Waals surface area contributed by atoms with Gasteiger partial charge in [0.05, 0.1) is 17.3 Å². The van der Waals surface area contributed by atoms with Crippen molar-refractivity contribution >= 4 is 29.9 Å². The van der Waals surface area contributed by atoms with Gasteiger partial charge in [0.25, 0.3) is 0 Å². The van der Waals surface area contributed by atoms with Crippen molar-refractivity contribution in [2.45, 2.75) is 27.2 Å². The molecule has 0 spiro atoms. The smallest absolute Gasteiger partial charge is 0.339 e. The molecule has 3 rings (SSSR count). The summed E-state index contributed by atoms with van der Waals surface area (Å²) < 4.78 is 1.73. The number of hydrogen-bond acceptors (Lipinski definition) is 4. The highest BCUT2D eigenvalue weighted by atomic mass is 16.4. The summed E-state index contributed by atoms with van der Waals surface area (Å²) in [5, 5.41) is 25.5. The van der Waals surface area contributed by atoms with Crippen LogP contribution in [0.4, 0.5) is 10.5 Å². The lowest BCUT2D eigenvalue weighted by Crippen LogP contribution is -2.24. The minimum absolute atomic E-state index is 0.127. The van der Waals surface area contributed by atoms with Gasteiger partial charge in [-0.05, 0) is 56.2 Å². The predicted octanol–water partition coefficient (Wildman–Crippen LogP) is 4.21. The lowest BCUT2D eigenvalue weighted by Gasteiger charge is -2.12. The lowest BCUT2D eigenvalue weighted by molar-refractivity contribution is 0.0696. The monoisotopic (exact) mass is 448 g/mol. The van der Waals surface area contributed by atoms with Crippen LogP contribution in [0.5, 0.6) is 0 Å². The zero-order chi connectivity index (χ0) is 24.1. The van der Waals surface area contributed by atoms with Crippen molar-refractivity contribution in [3.05, 3.63) is 82.2 Å². The number of carbonyl (C=O) groups is 3. The highest BCUT2D eigenvalue weighted by molar-refractivity contribution is 5.95. The molecule has 0 saturated heterocycles. The fourth-order valence-corrected chi connectivity index (χ4v) is 3.56. The van der Waals surface area contributed by atoms with Gasteiger partial charge < -0.3 is 20.1 Å². The molecule has 2 amide bonds. The van der Waals surface area contributed by atoms with E-state index < -0.39 is 18.0 Å². The molecule has 9 heteroatoms. The lowest BCUT2D eigenvalue weighted by atomic mass is 10.1. The third-order valence-electron chi connectivity index (χ3n) is 5.16. The van der Waals surface area contributed by atoms with Crippen LogP contribution in [0.15, 0.2) is 53.6 Å². The number of para-hydroxylation sites is 1. The second-order valence-electron chi connectivity index (χ2n) is 7.38. The van der Waals surface area contributed by atoms with E-state index >= 15 is 0 Å². The Morgan fingerprint density at radius 3 is 2.24 bits per heavy atom. The highest BCUT2D eigenvalue weighted by Gasteiger charge is 2.16. The van der Waals surface area contributed by atoms with E-state index in [1.54, 1.807) is 24.5 Å². The van der Waals surface area contributed by atoms with E-state index in [1.807, 2.05) is 31.2 Å². The van der Waals surface area contributed by atoms with Gasteiger partial charge in [0.2, 0.25) is 0 Å². The van der Waals surface area contributed by atoms with Gasteiger partial charge in [-0.3, -0.25) is 0 Å². The second kappa shape index (κ2) is 9.82. The molecule has 4 N–H and O–H groups in total. The molecule has 2 aromatic carbocycles. The number of carboxylic acid groups (broad SMARTS) is 2. The Kier molecular flexibility index (Phi) is 6.92. The Bertz CT molecular complexity index is 1230. The van der Waals surface area contributed by atoms with Gasteiger partial charge in [-0.15, -0.1) is 0 Å². The molecule has 0 unspecified atom stereocenters. The topological polar surface area (TPSA) is 133 Å². The maximum atomic E-state index is 12.2. The van der Waals surface area contributed by atoms with Gasteiger partial charge >= 0.3 is 18.0 Å². The molecular weight excluding hydrogens is 424 g/mol. The normalized spacial score (nSPS) is 10.9. The molecule has 0 bridgehead atoms. The van der Waals surface area contributed by atoms with E-state index in [0.29, 0.717) is 22.6 Å². The van der Waals surface area contributed by atoms with E-state index in [4.69, 9.17) is 0 Å². The first kappa shape index (κ1) is 23.3. The number of amides is 2. The fourth-order valence-electron chi connectivity index (χ4n) is 3.56. The van der Waals surface area contributed by atoms with Gasteiger partial charge in [-0.25, -0.2) is 19.8 Å². The van der Waals surface area contributed by atoms with Gasteiger partial charge in [0, 0.05) is 28.3 Å². The Morgan fingerprint density at radius 2 is 1.64 bits per heavy atom. The van der Waals surface area contributed by atoms with Crippen molar-refractivity contribution in [1.82, 2.24) is 9.99 Å². The van der Waals surface area contributed by atoms with Crippen LogP contribution in [-0.4, -0.2) is 39.0 Å². The number of carbonyl (C=O) groups excluding carboxylic acids is 1. The zero-order valence-electron chi connectivity index (χ0n) is 18.4. The van der Waals surface area contributed by atoms with Crippen LogP contribution in [0.3, 0.4) is 0 Å². The van der Waals surface area contributed by atoms with Crippen LogP contribution in [0.1, 0.15) is 50.2 Å². The number of benzene rings is 2. The second-order valence-corrected chi connectivity index (χ2v) is 7.38. The largest absolute Gasteiger partial charge is 0.478 e. The molecule has 0 fully saturated rings. The van der Waals surface area contributed by atoms with Gasteiger partial charge in [-0.1, -0.05) is 25.1 Å². The summed E-state index contributed by atoms with van der Waals surface area (Å²) in [4.78, 5) is 35.1. The van der Waals surface area contributed by atoms with Crippen LogP contribution in [-0.2, 0) is 6.42 Å². The number of anilines is 1. The minimum Gasteiger partial charge on any atom is -0.478 e. The van der Waals surface area contributed by atoms with Gasteiger partial charge in [0.15, 0.2) is 0 Å². The Morgan fingerprint density at radius 1 is 1.00 bits per heavy atom. The number of aromatic nitrogens is 1. The molecule has 1 heterocycles. The predicted molar refractivity (Wildman–Crippen MR) is 125 cm³/mol.